The van der Waals surface area contributed by atoms with Crippen LogP contribution in [-0.4, -0.2) is 66.6 Å². The van der Waals surface area contributed by atoms with Crippen molar-refractivity contribution in [2.75, 3.05) is 20.1 Å². The zero-order valence-corrected chi connectivity index (χ0v) is 15.7. The topological polar surface area (TPSA) is 104 Å². The van der Waals surface area contributed by atoms with Crippen LogP contribution in [0.15, 0.2) is 23.1 Å². The Morgan fingerprint density at radius 3 is 2.38 bits per heavy atom. The molecule has 0 radical (unpaired) electrons. The van der Waals surface area contributed by atoms with Gasteiger partial charge in [-0.3, -0.25) is 0 Å². The number of carboxylic acid groups (broad SMARTS) is 1. The van der Waals surface area contributed by atoms with E-state index in [4.69, 9.17) is 9.84 Å². The van der Waals surface area contributed by atoms with Gasteiger partial charge in [-0.15, -0.1) is 0 Å². The number of halogens is 1. The van der Waals surface area contributed by atoms with Crippen LogP contribution in [0.5, 0.6) is 0 Å². The number of rotatable bonds is 4. The molecule has 26 heavy (non-hydrogen) atoms. The second-order valence-corrected chi connectivity index (χ2v) is 8.92. The number of sulfonamides is 1. The highest BCUT2D eigenvalue weighted by molar-refractivity contribution is 7.89. The summed E-state index contributed by atoms with van der Waals surface area (Å²) in [5, 5.41) is 8.96. The molecule has 0 spiro atoms. The number of likely N-dealkylation sites (N-methyl/N-ethyl adjacent to an activating group) is 1. The molecule has 0 aliphatic carbocycles. The van der Waals surface area contributed by atoms with E-state index in [1.54, 1.807) is 20.8 Å². The number of benzene rings is 1. The first-order valence-electron chi connectivity index (χ1n) is 7.82. The van der Waals surface area contributed by atoms with E-state index in [2.05, 4.69) is 0 Å². The summed E-state index contributed by atoms with van der Waals surface area (Å²) in [5.74, 6) is -2.38. The van der Waals surface area contributed by atoms with Gasteiger partial charge in [0, 0.05) is 20.1 Å². The third-order valence-corrected chi connectivity index (χ3v) is 5.70. The van der Waals surface area contributed by atoms with E-state index in [1.807, 2.05) is 0 Å². The Labute approximate surface area is 151 Å². The van der Waals surface area contributed by atoms with E-state index in [1.165, 1.54) is 11.9 Å². The predicted molar refractivity (Wildman–Crippen MR) is 89.9 cm³/mol. The molecule has 2 rings (SSSR count). The van der Waals surface area contributed by atoms with Crippen molar-refractivity contribution in [3.05, 3.63) is 29.6 Å². The highest BCUT2D eigenvalue weighted by atomic mass is 32.2. The molecule has 10 heteroatoms. The van der Waals surface area contributed by atoms with Gasteiger partial charge < -0.3 is 14.7 Å². The number of ether oxygens (including phenoxy) is 1. The molecule has 144 valence electrons. The summed E-state index contributed by atoms with van der Waals surface area (Å²) < 4.78 is 45.2. The van der Waals surface area contributed by atoms with Gasteiger partial charge in [0.05, 0.1) is 11.6 Å². The molecule has 1 aromatic rings. The van der Waals surface area contributed by atoms with Crippen LogP contribution in [0.25, 0.3) is 0 Å². The van der Waals surface area contributed by atoms with Crippen LogP contribution in [0.3, 0.4) is 0 Å². The first kappa shape index (κ1) is 20.1. The lowest BCUT2D eigenvalue weighted by Crippen LogP contribution is -2.61. The highest BCUT2D eigenvalue weighted by Gasteiger charge is 2.42. The highest BCUT2D eigenvalue weighted by Crippen LogP contribution is 2.27. The SMILES string of the molecule is CN(C(=O)OC(C)(C)C)C1CN(S(=O)(=O)c2cc(C(=O)O)ccc2F)C1. The largest absolute Gasteiger partial charge is 0.478 e. The third kappa shape index (κ3) is 4.13. The lowest BCUT2D eigenvalue weighted by atomic mass is 10.1. The van der Waals surface area contributed by atoms with Crippen LogP contribution in [0.1, 0.15) is 31.1 Å². The summed E-state index contributed by atoms with van der Waals surface area (Å²) in [5.41, 5.74) is -1.01. The van der Waals surface area contributed by atoms with Crippen LogP contribution in [0.2, 0.25) is 0 Å². The van der Waals surface area contributed by atoms with E-state index in [-0.39, 0.29) is 18.7 Å². The van der Waals surface area contributed by atoms with Crippen LogP contribution in [-0.2, 0) is 14.8 Å². The van der Waals surface area contributed by atoms with Gasteiger partial charge >= 0.3 is 12.1 Å². The second-order valence-electron chi connectivity index (χ2n) is 7.02. The summed E-state index contributed by atoms with van der Waals surface area (Å²) in [6.45, 7) is 5.08. The van der Waals surface area contributed by atoms with Gasteiger partial charge in [0.15, 0.2) is 0 Å². The maximum Gasteiger partial charge on any atom is 0.410 e. The van der Waals surface area contributed by atoms with Crippen molar-refractivity contribution < 1.29 is 32.2 Å². The number of carboxylic acids is 1. The molecule has 1 aromatic carbocycles. The van der Waals surface area contributed by atoms with Gasteiger partial charge in [0.2, 0.25) is 10.0 Å². The Hall–Kier alpha value is -2.20. The van der Waals surface area contributed by atoms with Gasteiger partial charge in [-0.25, -0.2) is 22.4 Å². The summed E-state index contributed by atoms with van der Waals surface area (Å²) in [4.78, 5) is 23.6. The molecule has 0 unspecified atom stereocenters. The third-order valence-electron chi connectivity index (χ3n) is 3.85. The summed E-state index contributed by atoms with van der Waals surface area (Å²) in [6.07, 6.45) is -0.585. The zero-order valence-electron chi connectivity index (χ0n) is 14.9. The van der Waals surface area contributed by atoms with Crippen LogP contribution < -0.4 is 0 Å². The number of carbonyl (C=O) groups is 2. The van der Waals surface area contributed by atoms with Gasteiger partial charge in [0.1, 0.15) is 16.3 Å². The Morgan fingerprint density at radius 1 is 1.31 bits per heavy atom. The first-order valence-corrected chi connectivity index (χ1v) is 9.26. The molecule has 1 N–H and O–H groups in total. The molecule has 1 fully saturated rings. The van der Waals surface area contributed by atoms with Crippen LogP contribution >= 0.6 is 0 Å². The maximum atomic E-state index is 13.9. The first-order chi connectivity index (χ1) is 11.8. The molecule has 0 aromatic heterocycles. The van der Waals surface area contributed by atoms with E-state index >= 15 is 0 Å². The van der Waals surface area contributed by atoms with Crippen LogP contribution in [0, 0.1) is 5.82 Å². The molecule has 1 amide bonds. The minimum atomic E-state index is -4.20. The molecule has 8 nitrogen and oxygen atoms in total. The molecule has 1 heterocycles. The van der Waals surface area contributed by atoms with Crippen molar-refractivity contribution in [1.82, 2.24) is 9.21 Å². The monoisotopic (exact) mass is 388 g/mol. The minimum absolute atomic E-state index is 0.0329. The molecular formula is C16H21FN2O6S. The molecule has 0 saturated carbocycles. The van der Waals surface area contributed by atoms with Crippen molar-refractivity contribution in [2.24, 2.45) is 0 Å². The Bertz CT molecular complexity index is 828. The molecule has 1 saturated heterocycles. The predicted octanol–water partition coefficient (Wildman–Crippen LogP) is 1.76. The Kier molecular flexibility index (Phi) is 5.29. The Balaban J connectivity index is 2.12. The van der Waals surface area contributed by atoms with Gasteiger partial charge in [0.25, 0.3) is 0 Å². The summed E-state index contributed by atoms with van der Waals surface area (Å²) in [7, 11) is -2.71. The molecule has 1 aliphatic heterocycles. The van der Waals surface area contributed by atoms with E-state index in [0.717, 1.165) is 22.5 Å². The lowest BCUT2D eigenvalue weighted by molar-refractivity contribution is 0.00904. The molecule has 1 aliphatic rings. The number of amides is 1. The number of hydrogen-bond acceptors (Lipinski definition) is 5. The van der Waals surface area contributed by atoms with Gasteiger partial charge in [-0.2, -0.15) is 4.31 Å². The average molecular weight is 388 g/mol. The van der Waals surface area contributed by atoms with E-state index < -0.39 is 44.4 Å². The molecule has 0 atom stereocenters. The standard InChI is InChI=1S/C16H21FN2O6S/c1-16(2,3)25-15(22)18(4)11-8-19(9-11)26(23,24)13-7-10(14(20)21)5-6-12(13)17/h5-7,11H,8-9H2,1-4H3,(H,20,21). The van der Waals surface area contributed by atoms with E-state index in [0.29, 0.717) is 0 Å². The van der Waals surface area contributed by atoms with E-state index in [9.17, 15) is 22.4 Å². The maximum absolute atomic E-state index is 13.9. The second kappa shape index (κ2) is 6.84. The van der Waals surface area contributed by atoms with Gasteiger partial charge in [-0.1, -0.05) is 0 Å². The van der Waals surface area contributed by atoms with Crippen molar-refractivity contribution in [1.29, 1.82) is 0 Å². The summed E-state index contributed by atoms with van der Waals surface area (Å²) >= 11 is 0. The number of aromatic carboxylic acids is 1. The fourth-order valence-electron chi connectivity index (χ4n) is 2.31. The lowest BCUT2D eigenvalue weighted by Gasteiger charge is -2.42. The normalized spacial score (nSPS) is 16.0. The van der Waals surface area contributed by atoms with Crippen molar-refractivity contribution in [3.63, 3.8) is 0 Å². The van der Waals surface area contributed by atoms with Gasteiger partial charge in [-0.05, 0) is 39.0 Å². The quantitative estimate of drug-likeness (QED) is 0.843. The van der Waals surface area contributed by atoms with Crippen LogP contribution in [0.4, 0.5) is 9.18 Å². The minimum Gasteiger partial charge on any atom is -0.478 e. The number of hydrogen-bond donors (Lipinski definition) is 1. The van der Waals surface area contributed by atoms with Crippen molar-refractivity contribution in [3.8, 4) is 0 Å². The molecule has 0 bridgehead atoms. The van der Waals surface area contributed by atoms with Crippen molar-refractivity contribution >= 4 is 22.1 Å². The average Bonchev–Trinajstić information content (AvgIpc) is 2.43. The zero-order chi connectivity index (χ0) is 19.9. The Morgan fingerprint density at radius 2 is 1.88 bits per heavy atom. The molecular weight excluding hydrogens is 367 g/mol. The summed E-state index contributed by atoms with van der Waals surface area (Å²) in [6, 6.07) is 2.18. The van der Waals surface area contributed by atoms with Crippen molar-refractivity contribution in [2.45, 2.75) is 37.3 Å². The fourth-order valence-corrected chi connectivity index (χ4v) is 3.92. The smallest absolute Gasteiger partial charge is 0.410 e. The fraction of sp³-hybridized carbons (Fsp3) is 0.500. The number of carbonyl (C=O) groups excluding carboxylic acids is 1. The number of nitrogens with zero attached hydrogens (tertiary/aromatic N) is 2.